The van der Waals surface area contributed by atoms with E-state index in [1.807, 2.05) is 13.8 Å². The Kier molecular flexibility index (Phi) is 3.97. The summed E-state index contributed by atoms with van der Waals surface area (Å²) in [5.74, 6) is -1.31. The molecule has 1 saturated carbocycles. The number of rotatable bonds is 3. The van der Waals surface area contributed by atoms with Gasteiger partial charge in [0.1, 0.15) is 0 Å². The van der Waals surface area contributed by atoms with Crippen LogP contribution >= 0.6 is 0 Å². The van der Waals surface area contributed by atoms with Crippen molar-refractivity contribution in [1.29, 1.82) is 0 Å². The van der Waals surface area contributed by atoms with Gasteiger partial charge in [0.25, 0.3) is 0 Å². The van der Waals surface area contributed by atoms with Crippen molar-refractivity contribution in [3.8, 4) is 0 Å². The minimum atomic E-state index is -0.792. The number of aliphatic carboxylic acids is 1. The van der Waals surface area contributed by atoms with Gasteiger partial charge in [0.15, 0.2) is 0 Å². The van der Waals surface area contributed by atoms with Crippen LogP contribution in [0.2, 0.25) is 0 Å². The Bertz CT molecular complexity index is 427. The monoisotopic (exact) mass is 265 g/mol. The van der Waals surface area contributed by atoms with Crippen molar-refractivity contribution in [3.05, 3.63) is 11.1 Å². The Balaban J connectivity index is 2.13. The molecule has 0 heterocycles. The van der Waals surface area contributed by atoms with Gasteiger partial charge >= 0.3 is 5.97 Å². The Morgan fingerprint density at radius 3 is 2.58 bits per heavy atom. The van der Waals surface area contributed by atoms with E-state index in [2.05, 4.69) is 5.32 Å². The highest BCUT2D eigenvalue weighted by Gasteiger charge is 2.42. The SMILES string of the molecule is CC1=C(C(=O)NC2(C)CCCCC2C(=O)O)CCC1. The topological polar surface area (TPSA) is 66.4 Å². The summed E-state index contributed by atoms with van der Waals surface area (Å²) in [6, 6.07) is 0. The molecule has 0 radical (unpaired) electrons. The summed E-state index contributed by atoms with van der Waals surface area (Å²) >= 11 is 0. The fourth-order valence-electron chi connectivity index (χ4n) is 3.42. The molecule has 0 saturated heterocycles. The van der Waals surface area contributed by atoms with E-state index in [1.54, 1.807) is 0 Å². The third-order valence-corrected chi connectivity index (χ3v) is 4.67. The van der Waals surface area contributed by atoms with Gasteiger partial charge < -0.3 is 10.4 Å². The lowest BCUT2D eigenvalue weighted by atomic mass is 9.73. The third kappa shape index (κ3) is 2.82. The number of carbonyl (C=O) groups is 2. The van der Waals surface area contributed by atoms with Crippen molar-refractivity contribution in [1.82, 2.24) is 5.32 Å². The van der Waals surface area contributed by atoms with Gasteiger partial charge in [-0.05, 0) is 46.0 Å². The molecule has 0 aromatic heterocycles. The van der Waals surface area contributed by atoms with Crippen LogP contribution in [-0.4, -0.2) is 22.5 Å². The van der Waals surface area contributed by atoms with E-state index in [0.29, 0.717) is 6.42 Å². The first-order valence-electron chi connectivity index (χ1n) is 7.18. The number of carboxylic acid groups (broad SMARTS) is 1. The zero-order valence-electron chi connectivity index (χ0n) is 11.8. The summed E-state index contributed by atoms with van der Waals surface area (Å²) in [4.78, 5) is 23.7. The molecule has 0 spiro atoms. The molecule has 2 aliphatic rings. The first-order chi connectivity index (χ1) is 8.94. The Hall–Kier alpha value is -1.32. The molecule has 0 aromatic rings. The van der Waals surface area contributed by atoms with Crippen LogP contribution in [0.3, 0.4) is 0 Å². The number of carboxylic acids is 1. The highest BCUT2D eigenvalue weighted by molar-refractivity contribution is 5.95. The van der Waals surface area contributed by atoms with Crippen LogP contribution in [0.25, 0.3) is 0 Å². The van der Waals surface area contributed by atoms with Crippen LogP contribution in [0, 0.1) is 5.92 Å². The molecule has 0 aliphatic heterocycles. The van der Waals surface area contributed by atoms with Crippen LogP contribution < -0.4 is 5.32 Å². The van der Waals surface area contributed by atoms with Crippen molar-refractivity contribution in [2.24, 2.45) is 5.92 Å². The standard InChI is InChI=1S/C15H23NO3/c1-10-6-5-7-11(10)13(17)16-15(2)9-4-3-8-12(15)14(18)19/h12H,3-9H2,1-2H3,(H,16,17)(H,18,19). The summed E-state index contributed by atoms with van der Waals surface area (Å²) in [6.07, 6.45) is 6.18. The first-order valence-corrected chi connectivity index (χ1v) is 7.18. The van der Waals surface area contributed by atoms with Crippen molar-refractivity contribution in [2.45, 2.75) is 64.3 Å². The molecule has 2 unspecified atom stereocenters. The van der Waals surface area contributed by atoms with Crippen LogP contribution in [0.1, 0.15) is 58.8 Å². The maximum Gasteiger partial charge on any atom is 0.308 e. The molecular weight excluding hydrogens is 242 g/mol. The van der Waals surface area contributed by atoms with Gasteiger partial charge in [0.2, 0.25) is 5.91 Å². The van der Waals surface area contributed by atoms with Crippen LogP contribution in [0.5, 0.6) is 0 Å². The second kappa shape index (κ2) is 5.35. The van der Waals surface area contributed by atoms with E-state index < -0.39 is 17.4 Å². The molecule has 0 aromatic carbocycles. The van der Waals surface area contributed by atoms with Crippen molar-refractivity contribution in [3.63, 3.8) is 0 Å². The van der Waals surface area contributed by atoms with Gasteiger partial charge in [-0.25, -0.2) is 0 Å². The summed E-state index contributed by atoms with van der Waals surface area (Å²) in [7, 11) is 0. The molecule has 4 heteroatoms. The van der Waals surface area contributed by atoms with E-state index >= 15 is 0 Å². The maximum atomic E-state index is 12.3. The molecule has 2 atom stereocenters. The molecule has 4 nitrogen and oxygen atoms in total. The predicted octanol–water partition coefficient (Wildman–Crippen LogP) is 2.64. The number of hydrogen-bond acceptors (Lipinski definition) is 2. The van der Waals surface area contributed by atoms with Gasteiger partial charge in [-0.3, -0.25) is 9.59 Å². The molecule has 106 valence electrons. The van der Waals surface area contributed by atoms with Crippen LogP contribution in [0.4, 0.5) is 0 Å². The van der Waals surface area contributed by atoms with Crippen LogP contribution in [0.15, 0.2) is 11.1 Å². The second-order valence-electron chi connectivity index (χ2n) is 6.12. The minimum absolute atomic E-state index is 0.0503. The molecule has 2 aliphatic carbocycles. The summed E-state index contributed by atoms with van der Waals surface area (Å²) in [6.45, 7) is 3.88. The Morgan fingerprint density at radius 1 is 1.26 bits per heavy atom. The molecule has 19 heavy (non-hydrogen) atoms. The largest absolute Gasteiger partial charge is 0.481 e. The van der Waals surface area contributed by atoms with Gasteiger partial charge in [-0.1, -0.05) is 18.4 Å². The zero-order chi connectivity index (χ0) is 14.0. The Morgan fingerprint density at radius 2 is 2.00 bits per heavy atom. The first kappa shape index (κ1) is 14.1. The van der Waals surface area contributed by atoms with Crippen LogP contribution in [-0.2, 0) is 9.59 Å². The molecule has 1 fully saturated rings. The fourth-order valence-corrected chi connectivity index (χ4v) is 3.42. The lowest BCUT2D eigenvalue weighted by Gasteiger charge is -2.40. The lowest BCUT2D eigenvalue weighted by molar-refractivity contribution is -0.146. The molecular formula is C15H23NO3. The summed E-state index contributed by atoms with van der Waals surface area (Å²) < 4.78 is 0. The number of carbonyl (C=O) groups excluding carboxylic acids is 1. The lowest BCUT2D eigenvalue weighted by Crippen LogP contribution is -2.55. The molecule has 2 rings (SSSR count). The van der Waals surface area contributed by atoms with E-state index in [9.17, 15) is 14.7 Å². The maximum absolute atomic E-state index is 12.3. The minimum Gasteiger partial charge on any atom is -0.481 e. The smallest absolute Gasteiger partial charge is 0.308 e. The quantitative estimate of drug-likeness (QED) is 0.824. The van der Waals surface area contributed by atoms with E-state index in [0.717, 1.165) is 49.7 Å². The molecule has 0 bridgehead atoms. The molecule has 1 amide bonds. The van der Waals surface area contributed by atoms with Gasteiger partial charge in [-0.2, -0.15) is 0 Å². The Labute approximate surface area is 114 Å². The number of amides is 1. The summed E-state index contributed by atoms with van der Waals surface area (Å²) in [5.41, 5.74) is 1.43. The van der Waals surface area contributed by atoms with Gasteiger partial charge in [0, 0.05) is 5.57 Å². The second-order valence-corrected chi connectivity index (χ2v) is 6.12. The highest BCUT2D eigenvalue weighted by atomic mass is 16.4. The normalized spacial score (nSPS) is 31.4. The number of nitrogens with one attached hydrogen (secondary N) is 1. The van der Waals surface area contributed by atoms with Crippen molar-refractivity contribution in [2.75, 3.05) is 0 Å². The summed E-state index contributed by atoms with van der Waals surface area (Å²) in [5, 5.41) is 12.4. The number of allylic oxidation sites excluding steroid dienone is 1. The zero-order valence-corrected chi connectivity index (χ0v) is 11.8. The fraction of sp³-hybridized carbons (Fsp3) is 0.733. The highest BCUT2D eigenvalue weighted by Crippen LogP contribution is 2.35. The molecule has 2 N–H and O–H groups in total. The van der Waals surface area contributed by atoms with E-state index in [4.69, 9.17) is 0 Å². The third-order valence-electron chi connectivity index (χ3n) is 4.67. The van der Waals surface area contributed by atoms with Crippen molar-refractivity contribution >= 4 is 11.9 Å². The average Bonchev–Trinajstić information content (AvgIpc) is 2.75. The van der Waals surface area contributed by atoms with E-state index in [1.165, 1.54) is 0 Å². The van der Waals surface area contributed by atoms with Gasteiger partial charge in [-0.15, -0.1) is 0 Å². The predicted molar refractivity (Wildman–Crippen MR) is 72.7 cm³/mol. The average molecular weight is 265 g/mol. The van der Waals surface area contributed by atoms with Gasteiger partial charge in [0.05, 0.1) is 11.5 Å². The van der Waals surface area contributed by atoms with Crippen molar-refractivity contribution < 1.29 is 14.7 Å². The van der Waals surface area contributed by atoms with E-state index in [-0.39, 0.29) is 5.91 Å². The number of hydrogen-bond donors (Lipinski definition) is 2.